The van der Waals surface area contributed by atoms with Gasteiger partial charge in [0.1, 0.15) is 5.00 Å². The topological polar surface area (TPSA) is 98.5 Å². The summed E-state index contributed by atoms with van der Waals surface area (Å²) < 4.78 is 5.28. The number of carbonyl (C=O) groups excluding carboxylic acids is 2. The van der Waals surface area contributed by atoms with Gasteiger partial charge in [0.05, 0.1) is 17.1 Å². The first-order chi connectivity index (χ1) is 15.5. The maximum atomic E-state index is 12.8. The number of nitro groups is 1. The Morgan fingerprint density at radius 2 is 1.88 bits per heavy atom. The number of nitro benzene ring substituents is 1. The molecule has 7 nitrogen and oxygen atoms in total. The first-order valence-electron chi connectivity index (χ1n) is 10.4. The fourth-order valence-corrected chi connectivity index (χ4v) is 5.32. The van der Waals surface area contributed by atoms with Crippen molar-refractivity contribution in [1.82, 2.24) is 0 Å². The minimum Gasteiger partial charge on any atom is -0.462 e. The van der Waals surface area contributed by atoms with Crippen molar-refractivity contribution in [2.24, 2.45) is 0 Å². The number of rotatable bonds is 6. The minimum atomic E-state index is -0.517. The zero-order valence-corrected chi connectivity index (χ0v) is 18.3. The Balaban J connectivity index is 1.63. The summed E-state index contributed by atoms with van der Waals surface area (Å²) in [5.74, 6) is -0.513. The predicted molar refractivity (Wildman–Crippen MR) is 123 cm³/mol. The SMILES string of the molecule is CCOC(=O)c1c(NC(=O)c2ccc([N+](=O)[O-])cc2)sc2c1CCC(c1ccccc1)C2. The lowest BCUT2D eigenvalue weighted by molar-refractivity contribution is -0.384. The molecule has 1 heterocycles. The van der Waals surface area contributed by atoms with Crippen LogP contribution in [0, 0.1) is 10.1 Å². The third kappa shape index (κ3) is 4.40. The number of fused-ring (bicyclic) bond motifs is 1. The van der Waals surface area contributed by atoms with Crippen LogP contribution >= 0.6 is 11.3 Å². The number of hydrogen-bond donors (Lipinski definition) is 1. The minimum absolute atomic E-state index is 0.0905. The van der Waals surface area contributed by atoms with Crippen LogP contribution in [0.1, 0.15) is 56.0 Å². The van der Waals surface area contributed by atoms with Crippen LogP contribution in [0.5, 0.6) is 0 Å². The van der Waals surface area contributed by atoms with Gasteiger partial charge in [-0.15, -0.1) is 11.3 Å². The van der Waals surface area contributed by atoms with Crippen LogP contribution < -0.4 is 5.32 Å². The molecule has 32 heavy (non-hydrogen) atoms. The lowest BCUT2D eigenvalue weighted by Gasteiger charge is -2.23. The molecule has 0 aliphatic heterocycles. The molecule has 1 aliphatic carbocycles. The summed E-state index contributed by atoms with van der Waals surface area (Å²) in [5, 5.41) is 14.1. The van der Waals surface area contributed by atoms with E-state index in [-0.39, 0.29) is 17.9 Å². The molecule has 8 heteroatoms. The first-order valence-corrected chi connectivity index (χ1v) is 11.2. The number of amides is 1. The van der Waals surface area contributed by atoms with Crippen molar-refractivity contribution in [3.63, 3.8) is 0 Å². The quantitative estimate of drug-likeness (QED) is 0.310. The van der Waals surface area contributed by atoms with Crippen LogP contribution in [-0.2, 0) is 17.6 Å². The fourth-order valence-electron chi connectivity index (χ4n) is 4.01. The lowest BCUT2D eigenvalue weighted by atomic mass is 9.83. The highest BCUT2D eigenvalue weighted by Gasteiger charge is 2.31. The number of nitrogens with one attached hydrogen (secondary N) is 1. The second-order valence-electron chi connectivity index (χ2n) is 7.54. The van der Waals surface area contributed by atoms with E-state index in [2.05, 4.69) is 17.4 Å². The van der Waals surface area contributed by atoms with E-state index in [1.165, 1.54) is 41.2 Å². The smallest absolute Gasteiger partial charge is 0.341 e. The third-order valence-corrected chi connectivity index (χ3v) is 6.75. The summed E-state index contributed by atoms with van der Waals surface area (Å²) in [4.78, 5) is 37.0. The zero-order valence-electron chi connectivity index (χ0n) is 17.5. The molecule has 1 aromatic heterocycles. The number of benzene rings is 2. The highest BCUT2D eigenvalue weighted by atomic mass is 32.1. The molecule has 0 fully saturated rings. The second-order valence-corrected chi connectivity index (χ2v) is 8.64. The van der Waals surface area contributed by atoms with E-state index in [1.54, 1.807) is 6.92 Å². The summed E-state index contributed by atoms with van der Waals surface area (Å²) in [5.41, 5.74) is 2.82. The van der Waals surface area contributed by atoms with Gasteiger partial charge in [-0.05, 0) is 55.4 Å². The van der Waals surface area contributed by atoms with Gasteiger partial charge in [-0.1, -0.05) is 30.3 Å². The Kier molecular flexibility index (Phi) is 6.32. The van der Waals surface area contributed by atoms with Crippen LogP contribution in [-0.4, -0.2) is 23.4 Å². The Bertz CT molecular complexity index is 1160. The molecule has 164 valence electrons. The number of esters is 1. The maximum absolute atomic E-state index is 12.8. The summed E-state index contributed by atoms with van der Waals surface area (Å²) >= 11 is 1.40. The van der Waals surface area contributed by atoms with Crippen molar-refractivity contribution in [3.05, 3.63) is 91.8 Å². The molecule has 2 aromatic carbocycles. The van der Waals surface area contributed by atoms with Gasteiger partial charge >= 0.3 is 5.97 Å². The second kappa shape index (κ2) is 9.32. The van der Waals surface area contributed by atoms with Crippen molar-refractivity contribution >= 4 is 33.9 Å². The first kappa shape index (κ1) is 21.7. The van der Waals surface area contributed by atoms with Gasteiger partial charge in [-0.2, -0.15) is 0 Å². The fraction of sp³-hybridized carbons (Fsp3) is 0.250. The van der Waals surface area contributed by atoms with E-state index >= 15 is 0 Å². The number of ether oxygens (including phenoxy) is 1. The molecule has 1 unspecified atom stereocenters. The van der Waals surface area contributed by atoms with E-state index < -0.39 is 16.8 Å². The van der Waals surface area contributed by atoms with Crippen molar-refractivity contribution in [2.45, 2.75) is 32.1 Å². The molecule has 0 bridgehead atoms. The van der Waals surface area contributed by atoms with Crippen LogP contribution in [0.25, 0.3) is 0 Å². The van der Waals surface area contributed by atoms with Gasteiger partial charge < -0.3 is 10.1 Å². The molecule has 1 N–H and O–H groups in total. The predicted octanol–water partition coefficient (Wildman–Crippen LogP) is 5.36. The number of carbonyl (C=O) groups is 2. The standard InChI is InChI=1S/C24H22N2O5S/c1-2-31-24(28)21-19-13-10-17(15-6-4-3-5-7-15)14-20(19)32-23(21)25-22(27)16-8-11-18(12-9-16)26(29)30/h3-9,11-12,17H,2,10,13-14H2,1H3,(H,25,27). The number of non-ortho nitro benzene ring substituents is 1. The van der Waals surface area contributed by atoms with Gasteiger partial charge in [0, 0.05) is 22.6 Å². The molecule has 3 aromatic rings. The normalized spacial score (nSPS) is 15.0. The van der Waals surface area contributed by atoms with Gasteiger partial charge in [-0.25, -0.2) is 4.79 Å². The average Bonchev–Trinajstić information content (AvgIpc) is 3.16. The monoisotopic (exact) mass is 450 g/mol. The molecule has 1 amide bonds. The molecule has 4 rings (SSSR count). The lowest BCUT2D eigenvalue weighted by Crippen LogP contribution is -2.17. The van der Waals surface area contributed by atoms with Crippen molar-refractivity contribution in [3.8, 4) is 0 Å². The molecule has 0 radical (unpaired) electrons. The highest BCUT2D eigenvalue weighted by molar-refractivity contribution is 7.17. The Morgan fingerprint density at radius 1 is 1.16 bits per heavy atom. The molecule has 0 saturated heterocycles. The number of anilines is 1. The van der Waals surface area contributed by atoms with Crippen molar-refractivity contribution in [1.29, 1.82) is 0 Å². The van der Waals surface area contributed by atoms with E-state index in [9.17, 15) is 19.7 Å². The summed E-state index contributed by atoms with van der Waals surface area (Å²) in [6.45, 7) is 1.99. The Hall–Kier alpha value is -3.52. The van der Waals surface area contributed by atoms with E-state index in [4.69, 9.17) is 4.74 Å². The average molecular weight is 451 g/mol. The van der Waals surface area contributed by atoms with Crippen LogP contribution in [0.4, 0.5) is 10.7 Å². The van der Waals surface area contributed by atoms with Crippen LogP contribution in [0.3, 0.4) is 0 Å². The maximum Gasteiger partial charge on any atom is 0.341 e. The third-order valence-electron chi connectivity index (χ3n) is 5.58. The van der Waals surface area contributed by atoms with Crippen LogP contribution in [0.2, 0.25) is 0 Å². The van der Waals surface area contributed by atoms with Crippen LogP contribution in [0.15, 0.2) is 54.6 Å². The molecular formula is C24H22N2O5S. The zero-order chi connectivity index (χ0) is 22.7. The molecule has 1 aliphatic rings. The van der Waals surface area contributed by atoms with Crippen molar-refractivity contribution in [2.75, 3.05) is 11.9 Å². The number of nitrogens with zero attached hydrogens (tertiary/aromatic N) is 1. The summed E-state index contributed by atoms with van der Waals surface area (Å²) in [7, 11) is 0. The number of thiophene rings is 1. The Morgan fingerprint density at radius 3 is 2.53 bits per heavy atom. The van der Waals surface area contributed by atoms with E-state index in [0.717, 1.165) is 29.7 Å². The largest absolute Gasteiger partial charge is 0.462 e. The number of hydrogen-bond acceptors (Lipinski definition) is 6. The van der Waals surface area contributed by atoms with E-state index in [1.807, 2.05) is 18.2 Å². The van der Waals surface area contributed by atoms with Gasteiger partial charge in [0.25, 0.3) is 11.6 Å². The summed E-state index contributed by atoms with van der Waals surface area (Å²) in [6.07, 6.45) is 2.44. The molecule has 0 spiro atoms. The highest BCUT2D eigenvalue weighted by Crippen LogP contribution is 2.43. The van der Waals surface area contributed by atoms with Crippen molar-refractivity contribution < 1.29 is 19.2 Å². The van der Waals surface area contributed by atoms with Gasteiger partial charge in [0.15, 0.2) is 0 Å². The molecular weight excluding hydrogens is 428 g/mol. The molecule has 0 saturated carbocycles. The van der Waals surface area contributed by atoms with E-state index in [0.29, 0.717) is 16.5 Å². The summed E-state index contributed by atoms with van der Waals surface area (Å²) in [6, 6.07) is 15.6. The van der Waals surface area contributed by atoms with Gasteiger partial charge in [0.2, 0.25) is 0 Å². The molecule has 1 atom stereocenters. The Labute approximate surface area is 189 Å². The van der Waals surface area contributed by atoms with Gasteiger partial charge in [-0.3, -0.25) is 14.9 Å².